The summed E-state index contributed by atoms with van der Waals surface area (Å²) in [5.41, 5.74) is 0. The molecular formula is C15H29N. The molecule has 2 aliphatic carbocycles. The maximum atomic E-state index is 3.74. The second kappa shape index (κ2) is 6.05. The molecule has 2 unspecified atom stereocenters. The van der Waals surface area contributed by atoms with E-state index in [2.05, 4.69) is 19.2 Å². The lowest BCUT2D eigenvalue weighted by Crippen LogP contribution is -2.27. The van der Waals surface area contributed by atoms with Crippen molar-refractivity contribution in [3.05, 3.63) is 0 Å². The lowest BCUT2D eigenvalue weighted by atomic mass is 9.84. The zero-order valence-corrected chi connectivity index (χ0v) is 11.2. The van der Waals surface area contributed by atoms with Crippen LogP contribution in [0.15, 0.2) is 0 Å². The summed E-state index contributed by atoms with van der Waals surface area (Å²) in [6, 6.07) is 0.898. The van der Waals surface area contributed by atoms with E-state index >= 15 is 0 Å². The van der Waals surface area contributed by atoms with E-state index in [0.717, 1.165) is 23.8 Å². The van der Waals surface area contributed by atoms with Crippen molar-refractivity contribution >= 4 is 0 Å². The van der Waals surface area contributed by atoms with Gasteiger partial charge in [-0.2, -0.15) is 0 Å². The quantitative estimate of drug-likeness (QED) is 0.688. The molecule has 0 saturated heterocycles. The van der Waals surface area contributed by atoms with E-state index in [-0.39, 0.29) is 0 Å². The van der Waals surface area contributed by atoms with E-state index < -0.39 is 0 Å². The minimum absolute atomic E-state index is 0.898. The summed E-state index contributed by atoms with van der Waals surface area (Å²) in [5.74, 6) is 3.03. The molecule has 2 aliphatic rings. The van der Waals surface area contributed by atoms with Crippen molar-refractivity contribution in [2.75, 3.05) is 6.54 Å². The summed E-state index contributed by atoms with van der Waals surface area (Å²) in [7, 11) is 0. The van der Waals surface area contributed by atoms with Gasteiger partial charge in [0, 0.05) is 6.04 Å². The highest BCUT2D eigenvalue weighted by Gasteiger charge is 2.30. The van der Waals surface area contributed by atoms with Gasteiger partial charge in [-0.05, 0) is 50.0 Å². The third-order valence-electron chi connectivity index (χ3n) is 4.85. The Balaban J connectivity index is 1.72. The van der Waals surface area contributed by atoms with E-state index in [0.29, 0.717) is 0 Å². The molecule has 0 aliphatic heterocycles. The van der Waals surface area contributed by atoms with Crippen molar-refractivity contribution in [3.63, 3.8) is 0 Å². The van der Waals surface area contributed by atoms with Crippen LogP contribution in [0.4, 0.5) is 0 Å². The largest absolute Gasteiger partial charge is 0.314 e. The van der Waals surface area contributed by atoms with Crippen molar-refractivity contribution < 1.29 is 0 Å². The summed E-state index contributed by atoms with van der Waals surface area (Å²) >= 11 is 0. The van der Waals surface area contributed by atoms with Gasteiger partial charge in [0.15, 0.2) is 0 Å². The maximum Gasteiger partial charge on any atom is 0.00683 e. The predicted molar refractivity (Wildman–Crippen MR) is 70.5 cm³/mol. The van der Waals surface area contributed by atoms with Crippen molar-refractivity contribution in [1.82, 2.24) is 5.32 Å². The molecule has 1 N–H and O–H groups in total. The highest BCUT2D eigenvalue weighted by atomic mass is 14.9. The first-order chi connectivity index (χ1) is 7.83. The number of nitrogens with one attached hydrogen (secondary N) is 1. The Morgan fingerprint density at radius 1 is 1.00 bits per heavy atom. The lowest BCUT2D eigenvalue weighted by molar-refractivity contribution is 0.284. The molecule has 0 aromatic carbocycles. The SMILES string of the molecule is CCC(CC)CC1CCCC1CNC1CC1. The van der Waals surface area contributed by atoms with Gasteiger partial charge in [-0.15, -0.1) is 0 Å². The molecule has 0 heterocycles. The van der Waals surface area contributed by atoms with Crippen LogP contribution in [0, 0.1) is 17.8 Å². The third-order valence-corrected chi connectivity index (χ3v) is 4.85. The first-order valence-electron chi connectivity index (χ1n) is 7.56. The predicted octanol–water partition coefficient (Wildman–Crippen LogP) is 3.98. The van der Waals surface area contributed by atoms with Crippen LogP contribution in [0.1, 0.15) is 65.2 Å². The average molecular weight is 223 g/mol. The highest BCUT2D eigenvalue weighted by Crippen LogP contribution is 2.37. The average Bonchev–Trinajstić information content (AvgIpc) is 3.03. The summed E-state index contributed by atoms with van der Waals surface area (Å²) in [5, 5.41) is 3.74. The number of hydrogen-bond donors (Lipinski definition) is 1. The van der Waals surface area contributed by atoms with Gasteiger partial charge in [-0.3, -0.25) is 0 Å². The van der Waals surface area contributed by atoms with Crippen LogP contribution in [0.2, 0.25) is 0 Å². The fourth-order valence-electron chi connectivity index (χ4n) is 3.35. The van der Waals surface area contributed by atoms with E-state index in [1.54, 1.807) is 0 Å². The monoisotopic (exact) mass is 223 g/mol. The van der Waals surface area contributed by atoms with E-state index in [1.807, 2.05) is 0 Å². The second-order valence-electron chi connectivity index (χ2n) is 6.05. The molecule has 2 fully saturated rings. The molecule has 0 radical (unpaired) electrons. The van der Waals surface area contributed by atoms with Crippen molar-refractivity contribution in [3.8, 4) is 0 Å². The van der Waals surface area contributed by atoms with Gasteiger partial charge >= 0.3 is 0 Å². The molecule has 2 rings (SSSR count). The van der Waals surface area contributed by atoms with Gasteiger partial charge in [-0.25, -0.2) is 0 Å². The van der Waals surface area contributed by atoms with Gasteiger partial charge in [0.25, 0.3) is 0 Å². The molecule has 1 heteroatoms. The second-order valence-corrected chi connectivity index (χ2v) is 6.05. The van der Waals surface area contributed by atoms with Crippen LogP contribution in [-0.4, -0.2) is 12.6 Å². The van der Waals surface area contributed by atoms with Crippen LogP contribution in [-0.2, 0) is 0 Å². The molecule has 0 aromatic heterocycles. The smallest absolute Gasteiger partial charge is 0.00683 e. The molecule has 0 spiro atoms. The summed E-state index contributed by atoms with van der Waals surface area (Å²) in [4.78, 5) is 0. The molecule has 16 heavy (non-hydrogen) atoms. The molecular weight excluding hydrogens is 194 g/mol. The molecule has 94 valence electrons. The van der Waals surface area contributed by atoms with Crippen LogP contribution in [0.3, 0.4) is 0 Å². The fraction of sp³-hybridized carbons (Fsp3) is 1.00. The Morgan fingerprint density at radius 3 is 2.31 bits per heavy atom. The normalized spacial score (nSPS) is 30.2. The Kier molecular flexibility index (Phi) is 4.69. The first kappa shape index (κ1) is 12.4. The van der Waals surface area contributed by atoms with Crippen molar-refractivity contribution in [1.29, 1.82) is 0 Å². The molecule has 2 atom stereocenters. The summed E-state index contributed by atoms with van der Waals surface area (Å²) in [6.07, 6.45) is 11.6. The van der Waals surface area contributed by atoms with E-state index in [4.69, 9.17) is 0 Å². The summed E-state index contributed by atoms with van der Waals surface area (Å²) in [6.45, 7) is 6.04. The fourth-order valence-corrected chi connectivity index (χ4v) is 3.35. The van der Waals surface area contributed by atoms with Crippen LogP contribution >= 0.6 is 0 Å². The Morgan fingerprint density at radius 2 is 1.69 bits per heavy atom. The minimum Gasteiger partial charge on any atom is -0.314 e. The third kappa shape index (κ3) is 3.48. The van der Waals surface area contributed by atoms with Crippen LogP contribution in [0.25, 0.3) is 0 Å². The van der Waals surface area contributed by atoms with Crippen molar-refractivity contribution in [2.45, 2.75) is 71.3 Å². The van der Waals surface area contributed by atoms with E-state index in [9.17, 15) is 0 Å². The lowest BCUT2D eigenvalue weighted by Gasteiger charge is -2.24. The molecule has 0 bridgehead atoms. The Hall–Kier alpha value is -0.0400. The minimum atomic E-state index is 0.898. The molecule has 0 amide bonds. The topological polar surface area (TPSA) is 12.0 Å². The Labute approximate surface area is 101 Å². The number of rotatable bonds is 7. The molecule has 2 saturated carbocycles. The summed E-state index contributed by atoms with van der Waals surface area (Å²) < 4.78 is 0. The van der Waals surface area contributed by atoms with Gasteiger partial charge < -0.3 is 5.32 Å². The zero-order valence-electron chi connectivity index (χ0n) is 11.2. The molecule has 0 aromatic rings. The maximum absolute atomic E-state index is 3.74. The van der Waals surface area contributed by atoms with Gasteiger partial charge in [0.05, 0.1) is 0 Å². The van der Waals surface area contributed by atoms with Gasteiger partial charge in [0.2, 0.25) is 0 Å². The van der Waals surface area contributed by atoms with Crippen molar-refractivity contribution in [2.24, 2.45) is 17.8 Å². The van der Waals surface area contributed by atoms with Crippen LogP contribution < -0.4 is 5.32 Å². The number of hydrogen-bond acceptors (Lipinski definition) is 1. The van der Waals surface area contributed by atoms with Gasteiger partial charge in [0.1, 0.15) is 0 Å². The van der Waals surface area contributed by atoms with Crippen LogP contribution in [0.5, 0.6) is 0 Å². The first-order valence-corrected chi connectivity index (χ1v) is 7.56. The van der Waals surface area contributed by atoms with E-state index in [1.165, 1.54) is 57.9 Å². The zero-order chi connectivity index (χ0) is 11.4. The standard InChI is InChI=1S/C15H29N/c1-3-12(4-2)10-13-6-5-7-14(13)11-16-15-8-9-15/h12-16H,3-11H2,1-2H3. The Bertz CT molecular complexity index is 194. The van der Waals surface area contributed by atoms with Gasteiger partial charge in [-0.1, -0.05) is 39.5 Å². The molecule has 1 nitrogen and oxygen atoms in total. The highest BCUT2D eigenvalue weighted by molar-refractivity contribution is 4.86.